The molecule has 1 aliphatic carbocycles. The van der Waals surface area contributed by atoms with Crippen LogP contribution >= 0.6 is 11.6 Å². The van der Waals surface area contributed by atoms with Crippen molar-refractivity contribution in [1.29, 1.82) is 0 Å². The molecule has 1 N–H and O–H groups in total. The Morgan fingerprint density at radius 1 is 1.08 bits per heavy atom. The monoisotopic (exact) mass is 515 g/mol. The van der Waals surface area contributed by atoms with E-state index in [1.54, 1.807) is 28.9 Å². The number of hydrogen-bond acceptors (Lipinski definition) is 5. The lowest BCUT2D eigenvalue weighted by atomic mass is 9.97. The molecule has 1 aromatic heterocycles. The zero-order chi connectivity index (χ0) is 26.3. The molecule has 5 rings (SSSR count). The number of benzene rings is 3. The van der Waals surface area contributed by atoms with Gasteiger partial charge in [-0.05, 0) is 78.8 Å². The maximum atomic E-state index is 13.3. The number of carboxylic acid groups (broad SMARTS) is 1. The first kappa shape index (κ1) is 24.7. The molecule has 1 heterocycles. The zero-order valence-corrected chi connectivity index (χ0v) is 21.5. The zero-order valence-electron chi connectivity index (χ0n) is 20.8. The van der Waals surface area contributed by atoms with E-state index >= 15 is 0 Å². The third-order valence-electron chi connectivity index (χ3n) is 6.70. The predicted molar refractivity (Wildman–Crippen MR) is 140 cm³/mol. The summed E-state index contributed by atoms with van der Waals surface area (Å²) in [5.41, 5.74) is 6.22. The minimum absolute atomic E-state index is 0.107. The molecule has 0 spiro atoms. The highest BCUT2D eigenvalue weighted by molar-refractivity contribution is 6.32. The van der Waals surface area contributed by atoms with Crippen LogP contribution in [0.4, 0.5) is 0 Å². The number of nitrogens with zero attached hydrogens (tertiary/aromatic N) is 3. The predicted octanol–water partition coefficient (Wildman–Crippen LogP) is 5.96. The number of aryl methyl sites for hydroxylation is 3. The Morgan fingerprint density at radius 2 is 1.86 bits per heavy atom. The molecule has 0 atom stereocenters. The molecule has 0 aliphatic heterocycles. The Labute approximate surface area is 219 Å². The minimum Gasteiger partial charge on any atom is -0.487 e. The van der Waals surface area contributed by atoms with E-state index in [0.29, 0.717) is 34.7 Å². The summed E-state index contributed by atoms with van der Waals surface area (Å²) >= 11 is 6.52. The maximum Gasteiger partial charge on any atom is 0.335 e. The molecule has 0 saturated carbocycles. The molecule has 37 heavy (non-hydrogen) atoms. The normalized spacial score (nSPS) is 12.7. The molecule has 0 fully saturated rings. The van der Waals surface area contributed by atoms with Gasteiger partial charge in [-0.25, -0.2) is 9.48 Å². The molecular formula is C29H26ClN3O4. The highest BCUT2D eigenvalue weighted by Gasteiger charge is 2.24. The number of carboxylic acids is 1. The third-order valence-corrected chi connectivity index (χ3v) is 7.01. The van der Waals surface area contributed by atoms with E-state index in [-0.39, 0.29) is 23.9 Å². The Morgan fingerprint density at radius 3 is 2.59 bits per heavy atom. The van der Waals surface area contributed by atoms with Crippen LogP contribution in [0, 0.1) is 6.92 Å². The molecular weight excluding hydrogens is 490 g/mol. The summed E-state index contributed by atoms with van der Waals surface area (Å²) in [6, 6.07) is 15.9. The highest BCUT2D eigenvalue weighted by atomic mass is 35.5. The lowest BCUT2D eigenvalue weighted by Crippen LogP contribution is -2.10. The number of fused-ring (bicyclic) bond motifs is 2. The SMILES string of the molecule is Cc1cccc(Cl)c1-n1nnc(C(C)C)c1COc1ccc2c(c1)CCc1ccc(C(=O)O)cc1C2=O. The van der Waals surface area contributed by atoms with Crippen LogP contribution < -0.4 is 4.74 Å². The van der Waals surface area contributed by atoms with Crippen molar-refractivity contribution >= 4 is 23.4 Å². The van der Waals surface area contributed by atoms with Crippen molar-refractivity contribution in [2.24, 2.45) is 0 Å². The van der Waals surface area contributed by atoms with E-state index < -0.39 is 5.97 Å². The lowest BCUT2D eigenvalue weighted by molar-refractivity contribution is 0.0697. The van der Waals surface area contributed by atoms with Gasteiger partial charge >= 0.3 is 5.97 Å². The largest absolute Gasteiger partial charge is 0.487 e. The summed E-state index contributed by atoms with van der Waals surface area (Å²) in [6.45, 7) is 6.31. The van der Waals surface area contributed by atoms with E-state index in [9.17, 15) is 14.7 Å². The van der Waals surface area contributed by atoms with Gasteiger partial charge in [0.2, 0.25) is 0 Å². The van der Waals surface area contributed by atoms with Gasteiger partial charge in [-0.2, -0.15) is 0 Å². The molecule has 0 amide bonds. The number of carbonyl (C=O) groups is 2. The average Bonchev–Trinajstić information content (AvgIpc) is 3.23. The van der Waals surface area contributed by atoms with Gasteiger partial charge in [0.1, 0.15) is 18.1 Å². The Kier molecular flexibility index (Phi) is 6.56. The fraction of sp³-hybridized carbons (Fsp3) is 0.241. The van der Waals surface area contributed by atoms with Crippen LogP contribution in [0.3, 0.4) is 0 Å². The topological polar surface area (TPSA) is 94.3 Å². The number of ether oxygens (including phenoxy) is 1. The fourth-order valence-corrected chi connectivity index (χ4v) is 5.06. The van der Waals surface area contributed by atoms with Crippen molar-refractivity contribution in [2.45, 2.75) is 46.1 Å². The molecule has 1 aliphatic rings. The first-order chi connectivity index (χ1) is 17.7. The molecule has 4 aromatic rings. The standard InChI is InChI=1S/C29H26ClN3O4/c1-16(2)26-25(33(32-31-26)27-17(3)5-4-6-24(27)30)15-37-21-11-12-22-19(13-21)9-7-18-8-10-20(29(35)36)14-23(18)28(22)34/h4-6,8,10-14,16H,7,9,15H2,1-3H3,(H,35,36). The van der Waals surface area contributed by atoms with Crippen molar-refractivity contribution in [3.8, 4) is 11.4 Å². The Hall–Kier alpha value is -3.97. The van der Waals surface area contributed by atoms with Crippen LogP contribution in [-0.2, 0) is 19.4 Å². The number of carbonyl (C=O) groups excluding carboxylic acids is 1. The fourth-order valence-electron chi connectivity index (χ4n) is 4.76. The number of ketones is 1. The van der Waals surface area contributed by atoms with Gasteiger partial charge < -0.3 is 9.84 Å². The van der Waals surface area contributed by atoms with Crippen LogP contribution in [0.5, 0.6) is 5.75 Å². The van der Waals surface area contributed by atoms with E-state index in [4.69, 9.17) is 16.3 Å². The maximum absolute atomic E-state index is 13.3. The molecule has 8 heteroatoms. The van der Waals surface area contributed by atoms with Crippen molar-refractivity contribution < 1.29 is 19.4 Å². The number of aromatic carboxylic acids is 1. The quantitative estimate of drug-likeness (QED) is 0.340. The molecule has 0 bridgehead atoms. The van der Waals surface area contributed by atoms with Gasteiger partial charge in [-0.1, -0.05) is 48.9 Å². The van der Waals surface area contributed by atoms with Crippen LogP contribution in [-0.4, -0.2) is 31.9 Å². The van der Waals surface area contributed by atoms with Crippen LogP contribution in [0.15, 0.2) is 54.6 Å². The van der Waals surface area contributed by atoms with Crippen molar-refractivity contribution in [3.05, 3.63) is 104 Å². The molecule has 0 saturated heterocycles. The van der Waals surface area contributed by atoms with Crippen molar-refractivity contribution in [3.63, 3.8) is 0 Å². The van der Waals surface area contributed by atoms with Crippen LogP contribution in [0.25, 0.3) is 5.69 Å². The molecule has 0 radical (unpaired) electrons. The first-order valence-corrected chi connectivity index (χ1v) is 12.5. The molecule has 7 nitrogen and oxygen atoms in total. The second kappa shape index (κ2) is 9.82. The smallest absolute Gasteiger partial charge is 0.335 e. The van der Waals surface area contributed by atoms with Gasteiger partial charge in [0.25, 0.3) is 0 Å². The summed E-state index contributed by atoms with van der Waals surface area (Å²) in [4.78, 5) is 24.7. The van der Waals surface area contributed by atoms with Gasteiger partial charge in [-0.15, -0.1) is 5.10 Å². The van der Waals surface area contributed by atoms with Crippen molar-refractivity contribution in [2.75, 3.05) is 0 Å². The lowest BCUT2D eigenvalue weighted by Gasteiger charge is -2.15. The number of aromatic nitrogens is 3. The second-order valence-corrected chi connectivity index (χ2v) is 9.91. The number of para-hydroxylation sites is 1. The minimum atomic E-state index is -1.05. The third kappa shape index (κ3) is 4.62. The number of rotatable bonds is 6. The summed E-state index contributed by atoms with van der Waals surface area (Å²) in [6.07, 6.45) is 1.28. The van der Waals surface area contributed by atoms with E-state index in [1.165, 1.54) is 6.07 Å². The van der Waals surface area contributed by atoms with Crippen LogP contribution in [0.1, 0.15) is 74.1 Å². The number of hydrogen-bond donors (Lipinski definition) is 1. The second-order valence-electron chi connectivity index (χ2n) is 9.51. The summed E-state index contributed by atoms with van der Waals surface area (Å²) in [5, 5.41) is 18.7. The summed E-state index contributed by atoms with van der Waals surface area (Å²) in [5.74, 6) is -0.461. The first-order valence-electron chi connectivity index (χ1n) is 12.1. The molecule has 0 unspecified atom stereocenters. The van der Waals surface area contributed by atoms with E-state index in [0.717, 1.165) is 33.8 Å². The van der Waals surface area contributed by atoms with E-state index in [2.05, 4.69) is 24.2 Å². The van der Waals surface area contributed by atoms with Gasteiger partial charge in [-0.3, -0.25) is 4.79 Å². The molecule has 3 aromatic carbocycles. The van der Waals surface area contributed by atoms with E-state index in [1.807, 2.05) is 31.2 Å². The van der Waals surface area contributed by atoms with Gasteiger partial charge in [0, 0.05) is 11.1 Å². The Bertz CT molecular complexity index is 1520. The van der Waals surface area contributed by atoms with Gasteiger partial charge in [0.15, 0.2) is 5.78 Å². The molecule has 188 valence electrons. The van der Waals surface area contributed by atoms with Gasteiger partial charge in [0.05, 0.1) is 22.0 Å². The summed E-state index contributed by atoms with van der Waals surface area (Å²) < 4.78 is 7.97. The van der Waals surface area contributed by atoms with Crippen molar-refractivity contribution in [1.82, 2.24) is 15.0 Å². The summed E-state index contributed by atoms with van der Waals surface area (Å²) in [7, 11) is 0. The average molecular weight is 516 g/mol. The number of halogens is 1. The highest BCUT2D eigenvalue weighted by Crippen LogP contribution is 2.31. The van der Waals surface area contributed by atoms with Crippen LogP contribution in [0.2, 0.25) is 5.02 Å². The Balaban J connectivity index is 1.45.